The number of nitrogens with zero attached hydrogens (tertiary/aromatic N) is 3. The predicted octanol–water partition coefficient (Wildman–Crippen LogP) is 2.11. The molecule has 0 saturated carbocycles. The van der Waals surface area contributed by atoms with E-state index in [-0.39, 0.29) is 6.04 Å². The SMILES string of the molecule is CC(Nc1ccc2cc(N)ccc2n1)c1ncn[nH]1. The molecule has 3 rings (SSSR count). The Labute approximate surface area is 110 Å². The van der Waals surface area contributed by atoms with Gasteiger partial charge in [0.25, 0.3) is 0 Å². The van der Waals surface area contributed by atoms with Crippen molar-refractivity contribution in [2.24, 2.45) is 0 Å². The average Bonchev–Trinajstić information content (AvgIpc) is 2.93. The number of fused-ring (bicyclic) bond motifs is 1. The third kappa shape index (κ3) is 2.33. The van der Waals surface area contributed by atoms with E-state index < -0.39 is 0 Å². The Morgan fingerprint density at radius 2 is 2.16 bits per heavy atom. The van der Waals surface area contributed by atoms with E-state index in [1.54, 1.807) is 0 Å². The van der Waals surface area contributed by atoms with Gasteiger partial charge >= 0.3 is 0 Å². The summed E-state index contributed by atoms with van der Waals surface area (Å²) in [6.45, 7) is 2.00. The van der Waals surface area contributed by atoms with Crippen molar-refractivity contribution in [1.29, 1.82) is 0 Å². The summed E-state index contributed by atoms with van der Waals surface area (Å²) in [4.78, 5) is 8.65. The van der Waals surface area contributed by atoms with E-state index in [1.165, 1.54) is 6.33 Å². The first kappa shape index (κ1) is 11.5. The standard InChI is InChI=1S/C13H14N6/c1-8(13-15-7-16-19-13)17-12-5-2-9-6-10(14)3-4-11(9)18-12/h2-8H,14H2,1H3,(H,17,18)(H,15,16,19). The number of rotatable bonds is 3. The Kier molecular flexibility index (Phi) is 2.75. The first-order valence-corrected chi connectivity index (χ1v) is 6.00. The molecule has 19 heavy (non-hydrogen) atoms. The van der Waals surface area contributed by atoms with Crippen molar-refractivity contribution in [2.75, 3.05) is 11.1 Å². The van der Waals surface area contributed by atoms with Gasteiger partial charge in [-0.3, -0.25) is 5.10 Å². The monoisotopic (exact) mass is 254 g/mol. The Morgan fingerprint density at radius 1 is 1.26 bits per heavy atom. The molecule has 0 amide bonds. The molecule has 0 aliphatic heterocycles. The van der Waals surface area contributed by atoms with Crippen molar-refractivity contribution < 1.29 is 0 Å². The minimum absolute atomic E-state index is 0.0150. The lowest BCUT2D eigenvalue weighted by atomic mass is 10.2. The van der Waals surface area contributed by atoms with Gasteiger partial charge in [-0.25, -0.2) is 9.97 Å². The molecule has 1 unspecified atom stereocenters. The number of nitrogens with one attached hydrogen (secondary N) is 2. The minimum atomic E-state index is 0.0150. The van der Waals surface area contributed by atoms with Crippen LogP contribution in [0, 0.1) is 0 Å². The molecule has 0 radical (unpaired) electrons. The van der Waals surface area contributed by atoms with Crippen LogP contribution in [0.4, 0.5) is 11.5 Å². The number of nitrogen functional groups attached to an aromatic ring is 1. The number of nitrogens with two attached hydrogens (primary N) is 1. The number of aromatic nitrogens is 4. The Hall–Kier alpha value is -2.63. The molecule has 0 fully saturated rings. The lowest BCUT2D eigenvalue weighted by Crippen LogP contribution is -2.09. The van der Waals surface area contributed by atoms with Gasteiger partial charge in [0.2, 0.25) is 0 Å². The molecule has 4 N–H and O–H groups in total. The summed E-state index contributed by atoms with van der Waals surface area (Å²) < 4.78 is 0. The molecule has 96 valence electrons. The summed E-state index contributed by atoms with van der Waals surface area (Å²) in [7, 11) is 0. The number of aromatic amines is 1. The number of hydrogen-bond donors (Lipinski definition) is 3. The molecule has 2 heterocycles. The van der Waals surface area contributed by atoms with Crippen molar-refractivity contribution in [1.82, 2.24) is 20.2 Å². The summed E-state index contributed by atoms with van der Waals surface area (Å²) in [5.41, 5.74) is 7.39. The van der Waals surface area contributed by atoms with E-state index in [4.69, 9.17) is 5.73 Å². The summed E-state index contributed by atoms with van der Waals surface area (Å²) in [5.74, 6) is 1.57. The van der Waals surface area contributed by atoms with Crippen molar-refractivity contribution in [3.8, 4) is 0 Å². The predicted molar refractivity (Wildman–Crippen MR) is 74.6 cm³/mol. The molecule has 1 atom stereocenters. The number of hydrogen-bond acceptors (Lipinski definition) is 5. The maximum atomic E-state index is 5.74. The second-order valence-electron chi connectivity index (χ2n) is 4.39. The largest absolute Gasteiger partial charge is 0.399 e. The number of anilines is 2. The second-order valence-corrected chi connectivity index (χ2v) is 4.39. The fraction of sp³-hybridized carbons (Fsp3) is 0.154. The molecule has 6 heteroatoms. The highest BCUT2D eigenvalue weighted by Crippen LogP contribution is 2.20. The third-order valence-electron chi connectivity index (χ3n) is 2.92. The van der Waals surface area contributed by atoms with Crippen LogP contribution < -0.4 is 11.1 Å². The van der Waals surface area contributed by atoms with Gasteiger partial charge in [0.05, 0.1) is 11.6 Å². The Morgan fingerprint density at radius 3 is 2.95 bits per heavy atom. The van der Waals surface area contributed by atoms with Crippen LogP contribution in [0.2, 0.25) is 0 Å². The van der Waals surface area contributed by atoms with Crippen LogP contribution in [0.1, 0.15) is 18.8 Å². The first-order valence-electron chi connectivity index (χ1n) is 6.00. The van der Waals surface area contributed by atoms with Crippen molar-refractivity contribution in [2.45, 2.75) is 13.0 Å². The maximum absolute atomic E-state index is 5.74. The van der Waals surface area contributed by atoms with E-state index in [0.717, 1.165) is 28.2 Å². The van der Waals surface area contributed by atoms with Gasteiger partial charge in [0.15, 0.2) is 0 Å². The quantitative estimate of drug-likeness (QED) is 0.622. The van der Waals surface area contributed by atoms with Crippen LogP contribution in [-0.4, -0.2) is 20.2 Å². The van der Waals surface area contributed by atoms with Crippen LogP contribution in [-0.2, 0) is 0 Å². The number of benzene rings is 1. The highest BCUT2D eigenvalue weighted by Gasteiger charge is 2.08. The van der Waals surface area contributed by atoms with Crippen LogP contribution >= 0.6 is 0 Å². The highest BCUT2D eigenvalue weighted by atomic mass is 15.2. The highest BCUT2D eigenvalue weighted by molar-refractivity contribution is 5.83. The molecule has 2 aromatic heterocycles. The zero-order chi connectivity index (χ0) is 13.2. The van der Waals surface area contributed by atoms with E-state index in [1.807, 2.05) is 37.3 Å². The summed E-state index contributed by atoms with van der Waals surface area (Å²) in [5, 5.41) is 11.0. The summed E-state index contributed by atoms with van der Waals surface area (Å²) in [6.07, 6.45) is 1.49. The van der Waals surface area contributed by atoms with Gasteiger partial charge in [-0.15, -0.1) is 0 Å². The summed E-state index contributed by atoms with van der Waals surface area (Å²) in [6, 6.07) is 9.60. The summed E-state index contributed by atoms with van der Waals surface area (Å²) >= 11 is 0. The van der Waals surface area contributed by atoms with Gasteiger partial charge < -0.3 is 11.1 Å². The number of H-pyrrole nitrogens is 1. The van der Waals surface area contributed by atoms with E-state index >= 15 is 0 Å². The molecule has 0 aliphatic carbocycles. The Bertz CT molecular complexity index is 691. The second kappa shape index (κ2) is 4.56. The molecule has 0 spiro atoms. The normalized spacial score (nSPS) is 12.5. The zero-order valence-electron chi connectivity index (χ0n) is 10.5. The molecule has 6 nitrogen and oxygen atoms in total. The molecule has 0 aliphatic rings. The van der Waals surface area contributed by atoms with Crippen LogP contribution in [0.3, 0.4) is 0 Å². The lowest BCUT2D eigenvalue weighted by molar-refractivity contribution is 0.791. The smallest absolute Gasteiger partial charge is 0.146 e. The average molecular weight is 254 g/mol. The molecule has 3 aromatic rings. The van der Waals surface area contributed by atoms with E-state index in [2.05, 4.69) is 25.5 Å². The molecular weight excluding hydrogens is 240 g/mol. The van der Waals surface area contributed by atoms with Gasteiger partial charge in [-0.05, 0) is 37.3 Å². The fourth-order valence-corrected chi connectivity index (χ4v) is 1.94. The molecule has 0 saturated heterocycles. The van der Waals surface area contributed by atoms with E-state index in [9.17, 15) is 0 Å². The van der Waals surface area contributed by atoms with Crippen LogP contribution in [0.15, 0.2) is 36.7 Å². The van der Waals surface area contributed by atoms with Gasteiger partial charge in [0, 0.05) is 11.1 Å². The number of pyridine rings is 1. The topological polar surface area (TPSA) is 92.5 Å². The molecule has 0 bridgehead atoms. The van der Waals surface area contributed by atoms with Crippen molar-refractivity contribution in [3.05, 3.63) is 42.5 Å². The van der Waals surface area contributed by atoms with Crippen molar-refractivity contribution in [3.63, 3.8) is 0 Å². The zero-order valence-corrected chi connectivity index (χ0v) is 10.5. The van der Waals surface area contributed by atoms with E-state index in [0.29, 0.717) is 0 Å². The molecular formula is C13H14N6. The van der Waals surface area contributed by atoms with Crippen LogP contribution in [0.25, 0.3) is 10.9 Å². The Balaban J connectivity index is 1.87. The van der Waals surface area contributed by atoms with Gasteiger partial charge in [0.1, 0.15) is 18.0 Å². The van der Waals surface area contributed by atoms with Gasteiger partial charge in [-0.1, -0.05) is 0 Å². The van der Waals surface area contributed by atoms with Crippen molar-refractivity contribution >= 4 is 22.4 Å². The lowest BCUT2D eigenvalue weighted by Gasteiger charge is -2.12. The van der Waals surface area contributed by atoms with Gasteiger partial charge in [-0.2, -0.15) is 5.10 Å². The fourth-order valence-electron chi connectivity index (χ4n) is 1.94. The van der Waals surface area contributed by atoms with Crippen LogP contribution in [0.5, 0.6) is 0 Å². The third-order valence-corrected chi connectivity index (χ3v) is 2.92. The maximum Gasteiger partial charge on any atom is 0.146 e. The first-order chi connectivity index (χ1) is 9.22. The minimum Gasteiger partial charge on any atom is -0.399 e. The molecule has 1 aromatic carbocycles.